The van der Waals surface area contributed by atoms with E-state index >= 15 is 0 Å². The van der Waals surface area contributed by atoms with Gasteiger partial charge in [-0.25, -0.2) is 0 Å². The summed E-state index contributed by atoms with van der Waals surface area (Å²) in [4.78, 5) is 21.9. The van der Waals surface area contributed by atoms with E-state index in [9.17, 15) is 4.79 Å². The largest absolute Gasteiger partial charge is 0.496 e. The second-order valence-electron chi connectivity index (χ2n) is 6.77. The van der Waals surface area contributed by atoms with Gasteiger partial charge in [-0.15, -0.1) is 11.8 Å². The number of amides is 1. The maximum Gasteiger partial charge on any atom is 0.258 e. The Labute approximate surface area is 197 Å². The van der Waals surface area contributed by atoms with Gasteiger partial charge in [-0.1, -0.05) is 36.4 Å². The third-order valence-electron chi connectivity index (χ3n) is 4.78. The van der Waals surface area contributed by atoms with Gasteiger partial charge in [-0.3, -0.25) is 4.79 Å². The average Bonchev–Trinajstić information content (AvgIpc) is 2.87. The zero-order chi connectivity index (χ0) is 23.6. The van der Waals surface area contributed by atoms with Crippen LogP contribution in [-0.4, -0.2) is 56.6 Å². The van der Waals surface area contributed by atoms with E-state index in [0.717, 1.165) is 5.56 Å². The number of hydrogen-bond acceptors (Lipinski definition) is 8. The van der Waals surface area contributed by atoms with Gasteiger partial charge in [-0.05, 0) is 17.7 Å². The maximum atomic E-state index is 12.8. The van der Waals surface area contributed by atoms with Crippen molar-refractivity contribution in [2.75, 3.05) is 40.7 Å². The Bertz CT molecular complexity index is 1020. The van der Waals surface area contributed by atoms with Crippen LogP contribution >= 0.6 is 11.8 Å². The molecule has 1 heterocycles. The summed E-state index contributed by atoms with van der Waals surface area (Å²) in [5.74, 6) is 2.69. The van der Waals surface area contributed by atoms with Gasteiger partial charge < -0.3 is 24.3 Å². The molecule has 9 heteroatoms. The molecule has 0 saturated heterocycles. The van der Waals surface area contributed by atoms with Crippen LogP contribution in [0.25, 0.3) is 0 Å². The standard InChI is InChI=1S/C24H27N3O5S/c1-29-17-11-8-12-18(30-2)21(17)24(28)25-13-14-33-22(16-9-6-5-7-10-16)23-26-19(31-3)15-20(27-23)32-4/h5-12,15,22H,13-14H2,1-4H3,(H,25,28)/t22-/m1/s1. The van der Waals surface area contributed by atoms with E-state index < -0.39 is 0 Å². The summed E-state index contributed by atoms with van der Waals surface area (Å²) in [6.07, 6.45) is 0. The first-order valence-corrected chi connectivity index (χ1v) is 11.3. The molecule has 1 amide bonds. The predicted molar refractivity (Wildman–Crippen MR) is 128 cm³/mol. The molecule has 1 N–H and O–H groups in total. The summed E-state index contributed by atoms with van der Waals surface area (Å²) in [6, 6.07) is 16.8. The molecule has 0 radical (unpaired) electrons. The highest BCUT2D eigenvalue weighted by Crippen LogP contribution is 2.35. The van der Waals surface area contributed by atoms with Crippen molar-refractivity contribution in [2.24, 2.45) is 0 Å². The van der Waals surface area contributed by atoms with E-state index in [4.69, 9.17) is 18.9 Å². The summed E-state index contributed by atoms with van der Waals surface area (Å²) < 4.78 is 21.3. The Kier molecular flexibility index (Phi) is 8.77. The molecular weight excluding hydrogens is 442 g/mol. The lowest BCUT2D eigenvalue weighted by atomic mass is 10.1. The molecule has 8 nitrogen and oxygen atoms in total. The van der Waals surface area contributed by atoms with Crippen molar-refractivity contribution in [3.05, 3.63) is 71.5 Å². The zero-order valence-electron chi connectivity index (χ0n) is 19.0. The minimum absolute atomic E-state index is 0.173. The van der Waals surface area contributed by atoms with Crippen LogP contribution in [0.4, 0.5) is 0 Å². The van der Waals surface area contributed by atoms with Crippen molar-refractivity contribution in [1.82, 2.24) is 15.3 Å². The van der Waals surface area contributed by atoms with Crippen molar-refractivity contribution in [2.45, 2.75) is 5.25 Å². The highest BCUT2D eigenvalue weighted by atomic mass is 32.2. The van der Waals surface area contributed by atoms with Crippen molar-refractivity contribution >= 4 is 17.7 Å². The van der Waals surface area contributed by atoms with Crippen LogP contribution in [-0.2, 0) is 0 Å². The van der Waals surface area contributed by atoms with Gasteiger partial charge in [0, 0.05) is 12.3 Å². The highest BCUT2D eigenvalue weighted by Gasteiger charge is 2.21. The van der Waals surface area contributed by atoms with Gasteiger partial charge in [0.15, 0.2) is 5.82 Å². The second-order valence-corrected chi connectivity index (χ2v) is 7.98. The summed E-state index contributed by atoms with van der Waals surface area (Å²) >= 11 is 1.61. The van der Waals surface area contributed by atoms with Gasteiger partial charge >= 0.3 is 0 Å². The van der Waals surface area contributed by atoms with Crippen molar-refractivity contribution < 1.29 is 23.7 Å². The number of carbonyl (C=O) groups excluding carboxylic acids is 1. The summed E-state index contributed by atoms with van der Waals surface area (Å²) in [7, 11) is 6.15. The first kappa shape index (κ1) is 24.2. The minimum Gasteiger partial charge on any atom is -0.496 e. The maximum absolute atomic E-state index is 12.8. The fourth-order valence-corrected chi connectivity index (χ4v) is 4.26. The van der Waals surface area contributed by atoms with E-state index in [-0.39, 0.29) is 11.2 Å². The van der Waals surface area contributed by atoms with E-state index in [1.165, 1.54) is 14.2 Å². The number of ether oxygens (including phenoxy) is 4. The van der Waals surface area contributed by atoms with Crippen LogP contribution in [0, 0.1) is 0 Å². The third kappa shape index (κ3) is 6.07. The topological polar surface area (TPSA) is 91.8 Å². The SMILES string of the molecule is COc1cc(OC)nc([C@H](SCCNC(=O)c2c(OC)cccc2OC)c2ccccc2)n1. The lowest BCUT2D eigenvalue weighted by Gasteiger charge is -2.18. The first-order chi connectivity index (χ1) is 16.1. The number of carbonyl (C=O) groups is 1. The summed E-state index contributed by atoms with van der Waals surface area (Å²) in [5, 5.41) is 2.77. The molecule has 1 aromatic heterocycles. The Morgan fingerprint density at radius 3 is 2.03 bits per heavy atom. The van der Waals surface area contributed by atoms with Crippen LogP contribution in [0.2, 0.25) is 0 Å². The number of rotatable bonds is 11. The monoisotopic (exact) mass is 469 g/mol. The number of methoxy groups -OCH3 is 4. The van der Waals surface area contributed by atoms with E-state index in [1.807, 2.05) is 30.3 Å². The van der Waals surface area contributed by atoms with Gasteiger partial charge in [0.25, 0.3) is 5.91 Å². The zero-order valence-corrected chi connectivity index (χ0v) is 19.8. The molecule has 0 unspecified atom stereocenters. The first-order valence-electron chi connectivity index (χ1n) is 10.2. The van der Waals surface area contributed by atoms with Gasteiger partial charge in [0.05, 0.1) is 39.8 Å². The molecule has 0 fully saturated rings. The van der Waals surface area contributed by atoms with E-state index in [2.05, 4.69) is 15.3 Å². The molecule has 2 aromatic carbocycles. The Hall–Kier alpha value is -3.46. The fraction of sp³-hybridized carbons (Fsp3) is 0.292. The molecule has 3 aromatic rings. The Balaban J connectivity index is 1.74. The molecule has 0 aliphatic rings. The molecule has 0 spiro atoms. The number of aromatic nitrogens is 2. The molecule has 33 heavy (non-hydrogen) atoms. The average molecular weight is 470 g/mol. The van der Waals surface area contributed by atoms with Gasteiger partial charge in [-0.2, -0.15) is 9.97 Å². The lowest BCUT2D eigenvalue weighted by Crippen LogP contribution is -2.27. The molecule has 3 rings (SSSR count). The predicted octanol–water partition coefficient (Wildman–Crippen LogP) is 3.76. The highest BCUT2D eigenvalue weighted by molar-refractivity contribution is 7.99. The quantitative estimate of drug-likeness (QED) is 0.425. The Morgan fingerprint density at radius 2 is 1.48 bits per heavy atom. The Morgan fingerprint density at radius 1 is 0.879 bits per heavy atom. The van der Waals surface area contributed by atoms with Gasteiger partial charge in [0.2, 0.25) is 11.8 Å². The van der Waals surface area contributed by atoms with E-state index in [1.54, 1.807) is 50.2 Å². The minimum atomic E-state index is -0.263. The lowest BCUT2D eigenvalue weighted by molar-refractivity contribution is 0.0950. The number of nitrogens with one attached hydrogen (secondary N) is 1. The molecule has 0 saturated carbocycles. The number of thioether (sulfide) groups is 1. The smallest absolute Gasteiger partial charge is 0.258 e. The number of nitrogens with zero attached hydrogens (tertiary/aromatic N) is 2. The summed E-state index contributed by atoms with van der Waals surface area (Å²) in [6.45, 7) is 0.426. The fourth-order valence-electron chi connectivity index (χ4n) is 3.20. The second kappa shape index (κ2) is 12.0. The van der Waals surface area contributed by atoms with Crippen molar-refractivity contribution in [3.63, 3.8) is 0 Å². The molecule has 0 aliphatic carbocycles. The van der Waals surface area contributed by atoms with Crippen LogP contribution in [0.3, 0.4) is 0 Å². The van der Waals surface area contributed by atoms with Crippen molar-refractivity contribution in [1.29, 1.82) is 0 Å². The van der Waals surface area contributed by atoms with Crippen LogP contribution in [0.5, 0.6) is 23.3 Å². The molecule has 1 atom stereocenters. The van der Waals surface area contributed by atoms with Crippen molar-refractivity contribution in [3.8, 4) is 23.3 Å². The van der Waals surface area contributed by atoms with Crippen LogP contribution < -0.4 is 24.3 Å². The van der Waals surface area contributed by atoms with E-state index in [0.29, 0.717) is 46.9 Å². The third-order valence-corrected chi connectivity index (χ3v) is 6.03. The molecule has 174 valence electrons. The summed E-state index contributed by atoms with van der Waals surface area (Å²) in [5.41, 5.74) is 1.41. The number of benzene rings is 2. The number of hydrogen-bond donors (Lipinski definition) is 1. The molecule has 0 bridgehead atoms. The van der Waals surface area contributed by atoms with Crippen LogP contribution in [0.15, 0.2) is 54.6 Å². The molecular formula is C24H27N3O5S. The normalized spacial score (nSPS) is 11.4. The van der Waals surface area contributed by atoms with Gasteiger partial charge in [0.1, 0.15) is 17.1 Å². The molecule has 0 aliphatic heterocycles. The van der Waals surface area contributed by atoms with Crippen LogP contribution in [0.1, 0.15) is 27.0 Å².